The number of unbranched alkanes of at least 4 members (excludes halogenated alkanes) is 4. The van der Waals surface area contributed by atoms with Gasteiger partial charge in [0.25, 0.3) is 0 Å². The molecule has 9 heteroatoms. The Bertz CT molecular complexity index is 1350. The molecule has 0 saturated carbocycles. The van der Waals surface area contributed by atoms with E-state index in [0.717, 1.165) is 18.2 Å². The summed E-state index contributed by atoms with van der Waals surface area (Å²) in [7, 11) is 0. The third-order valence-electron chi connectivity index (χ3n) is 6.38. The molecule has 0 N–H and O–H groups in total. The van der Waals surface area contributed by atoms with Crippen molar-refractivity contribution in [2.45, 2.75) is 52.4 Å². The fourth-order valence-corrected chi connectivity index (χ4v) is 3.96. The van der Waals surface area contributed by atoms with Crippen LogP contribution < -0.4 is 23.7 Å². The number of hydrogen-bond acceptors (Lipinski definition) is 9. The van der Waals surface area contributed by atoms with E-state index in [2.05, 4.69) is 13.5 Å². The predicted octanol–water partition coefficient (Wildman–Crippen LogP) is 7.37. The number of ketones is 1. The van der Waals surface area contributed by atoms with Crippen LogP contribution in [0.3, 0.4) is 0 Å². The first kappa shape index (κ1) is 33.7. The summed E-state index contributed by atoms with van der Waals surface area (Å²) in [6.45, 7) is 8.20. The number of benzene rings is 3. The van der Waals surface area contributed by atoms with Crippen molar-refractivity contribution in [1.82, 2.24) is 0 Å². The second kappa shape index (κ2) is 18.7. The van der Waals surface area contributed by atoms with Crippen molar-refractivity contribution in [2.24, 2.45) is 0 Å². The third-order valence-corrected chi connectivity index (χ3v) is 6.38. The van der Waals surface area contributed by atoms with E-state index >= 15 is 0 Å². The van der Waals surface area contributed by atoms with Crippen LogP contribution in [0.1, 0.15) is 73.1 Å². The monoisotopic (exact) mass is 604 g/mol. The molecule has 0 spiro atoms. The summed E-state index contributed by atoms with van der Waals surface area (Å²) in [5, 5.41) is 0. The molecule has 0 fully saturated rings. The van der Waals surface area contributed by atoms with Crippen LogP contribution in [-0.4, -0.2) is 44.3 Å². The first-order valence-corrected chi connectivity index (χ1v) is 14.8. The van der Waals surface area contributed by atoms with Crippen molar-refractivity contribution in [3.8, 4) is 28.7 Å². The van der Waals surface area contributed by atoms with Gasteiger partial charge in [0.1, 0.15) is 28.7 Å². The molecule has 9 nitrogen and oxygen atoms in total. The summed E-state index contributed by atoms with van der Waals surface area (Å²) in [6, 6.07) is 18.5. The maximum atomic E-state index is 12.8. The molecule has 0 radical (unpaired) electrons. The summed E-state index contributed by atoms with van der Waals surface area (Å²) in [4.78, 5) is 36.0. The van der Waals surface area contributed by atoms with Crippen molar-refractivity contribution < 1.29 is 42.8 Å². The molecular formula is C35H40O9. The van der Waals surface area contributed by atoms with Gasteiger partial charge in [0, 0.05) is 6.08 Å². The van der Waals surface area contributed by atoms with Gasteiger partial charge in [-0.3, -0.25) is 4.79 Å². The van der Waals surface area contributed by atoms with Crippen LogP contribution in [0.2, 0.25) is 0 Å². The number of hydrogen-bond donors (Lipinski definition) is 0. The van der Waals surface area contributed by atoms with Gasteiger partial charge in [-0.2, -0.15) is 0 Å². The fraction of sp³-hybridized carbons (Fsp3) is 0.343. The molecule has 44 heavy (non-hydrogen) atoms. The van der Waals surface area contributed by atoms with Gasteiger partial charge in [-0.25, -0.2) is 9.59 Å². The Morgan fingerprint density at radius 1 is 0.682 bits per heavy atom. The Hall–Kier alpha value is -4.79. The smallest absolute Gasteiger partial charge is 0.343 e. The molecule has 0 heterocycles. The van der Waals surface area contributed by atoms with E-state index in [1.165, 1.54) is 38.3 Å². The maximum absolute atomic E-state index is 12.8. The Kier molecular flexibility index (Phi) is 14.3. The largest absolute Gasteiger partial charge is 0.494 e. The standard InChI is InChI=1S/C35H40O9/c1-4-6-7-8-21-39-28-12-14-29(15-13-28)42-25-43-30-16-18-31(19-17-30)44-35(38)27-11-20-33(32(24-27)26(3)36)40-22-9-10-23-41-34(37)5-2/h5,11-20,24H,2,4,6-10,21-23,25H2,1,3H3. The molecule has 0 atom stereocenters. The lowest BCUT2D eigenvalue weighted by Crippen LogP contribution is -2.11. The number of carbonyl (C=O) groups is 3. The van der Waals surface area contributed by atoms with Crippen LogP contribution in [-0.2, 0) is 9.53 Å². The first-order chi connectivity index (χ1) is 21.4. The van der Waals surface area contributed by atoms with Crippen molar-refractivity contribution in [1.29, 1.82) is 0 Å². The molecule has 3 rings (SSSR count). The molecule has 3 aromatic carbocycles. The zero-order valence-corrected chi connectivity index (χ0v) is 25.4. The first-order valence-electron chi connectivity index (χ1n) is 14.8. The van der Waals surface area contributed by atoms with Gasteiger partial charge in [-0.05, 0) is 92.9 Å². The maximum Gasteiger partial charge on any atom is 0.343 e. The van der Waals surface area contributed by atoms with Crippen LogP contribution in [0.4, 0.5) is 0 Å². The SMILES string of the molecule is C=CC(=O)OCCCCOc1ccc(C(=O)Oc2ccc(OCOc3ccc(OCCCCCC)cc3)cc2)cc1C(C)=O. The number of ether oxygens (including phenoxy) is 6. The lowest BCUT2D eigenvalue weighted by Gasteiger charge is -2.12. The van der Waals surface area contributed by atoms with Crippen LogP contribution in [0.15, 0.2) is 79.4 Å². The summed E-state index contributed by atoms with van der Waals surface area (Å²) in [6.07, 6.45) is 6.95. The quantitative estimate of drug-likeness (QED) is 0.0326. The molecule has 234 valence electrons. The minimum atomic E-state index is -0.617. The zero-order valence-electron chi connectivity index (χ0n) is 25.4. The van der Waals surface area contributed by atoms with Gasteiger partial charge in [-0.1, -0.05) is 32.8 Å². The van der Waals surface area contributed by atoms with Crippen LogP contribution >= 0.6 is 0 Å². The molecule has 0 aliphatic heterocycles. The van der Waals surface area contributed by atoms with E-state index in [-0.39, 0.29) is 30.3 Å². The Morgan fingerprint density at radius 3 is 1.86 bits per heavy atom. The minimum absolute atomic E-state index is 0.00135. The lowest BCUT2D eigenvalue weighted by molar-refractivity contribution is -0.137. The Balaban J connectivity index is 1.43. The number of esters is 2. The van der Waals surface area contributed by atoms with Crippen molar-refractivity contribution >= 4 is 17.7 Å². The second-order valence-electron chi connectivity index (χ2n) is 9.84. The molecule has 0 aliphatic rings. The molecule has 0 saturated heterocycles. The third kappa shape index (κ3) is 11.8. The number of Topliss-reactive ketones (excluding diaryl/α,β-unsaturated/α-hetero) is 1. The lowest BCUT2D eigenvalue weighted by atomic mass is 10.1. The normalized spacial score (nSPS) is 10.4. The minimum Gasteiger partial charge on any atom is -0.494 e. The van der Waals surface area contributed by atoms with E-state index in [0.29, 0.717) is 49.1 Å². The van der Waals surface area contributed by atoms with E-state index < -0.39 is 11.9 Å². The number of rotatable bonds is 20. The molecule has 0 unspecified atom stereocenters. The molecule has 0 bridgehead atoms. The van der Waals surface area contributed by atoms with Crippen LogP contribution in [0.5, 0.6) is 28.7 Å². The Labute approximate surface area is 258 Å². The second-order valence-corrected chi connectivity index (χ2v) is 9.84. The molecule has 0 aliphatic carbocycles. The van der Waals surface area contributed by atoms with Crippen molar-refractivity contribution in [2.75, 3.05) is 26.6 Å². The summed E-state index contributed by atoms with van der Waals surface area (Å²) < 4.78 is 33.2. The summed E-state index contributed by atoms with van der Waals surface area (Å²) in [5.74, 6) is 1.34. The van der Waals surface area contributed by atoms with Gasteiger partial charge in [-0.15, -0.1) is 0 Å². The van der Waals surface area contributed by atoms with Crippen molar-refractivity contribution in [3.05, 3.63) is 90.5 Å². The predicted molar refractivity (Wildman–Crippen MR) is 166 cm³/mol. The highest BCUT2D eigenvalue weighted by atomic mass is 16.7. The molecular weight excluding hydrogens is 564 g/mol. The zero-order chi connectivity index (χ0) is 31.6. The van der Waals surface area contributed by atoms with E-state index in [4.69, 9.17) is 28.4 Å². The highest BCUT2D eigenvalue weighted by Gasteiger charge is 2.16. The van der Waals surface area contributed by atoms with E-state index in [1.54, 1.807) is 30.3 Å². The highest BCUT2D eigenvalue weighted by molar-refractivity contribution is 6.00. The van der Waals surface area contributed by atoms with Gasteiger partial charge < -0.3 is 28.4 Å². The molecule has 3 aromatic rings. The summed E-state index contributed by atoms with van der Waals surface area (Å²) >= 11 is 0. The average Bonchev–Trinajstić information content (AvgIpc) is 3.03. The van der Waals surface area contributed by atoms with Gasteiger partial charge in [0.05, 0.1) is 30.9 Å². The summed E-state index contributed by atoms with van der Waals surface area (Å²) in [5.41, 5.74) is 0.478. The molecule has 0 amide bonds. The number of carbonyl (C=O) groups excluding carboxylic acids is 3. The van der Waals surface area contributed by atoms with Gasteiger partial charge in [0.15, 0.2) is 5.78 Å². The van der Waals surface area contributed by atoms with Gasteiger partial charge in [0.2, 0.25) is 6.79 Å². The fourth-order valence-electron chi connectivity index (χ4n) is 3.96. The topological polar surface area (TPSA) is 107 Å². The average molecular weight is 605 g/mol. The van der Waals surface area contributed by atoms with Gasteiger partial charge >= 0.3 is 11.9 Å². The van der Waals surface area contributed by atoms with Crippen LogP contribution in [0, 0.1) is 0 Å². The van der Waals surface area contributed by atoms with E-state index in [1.807, 2.05) is 24.3 Å². The highest BCUT2D eigenvalue weighted by Crippen LogP contribution is 2.24. The Morgan fingerprint density at radius 2 is 1.25 bits per heavy atom. The molecule has 0 aromatic heterocycles. The van der Waals surface area contributed by atoms with E-state index in [9.17, 15) is 14.4 Å². The van der Waals surface area contributed by atoms with Crippen LogP contribution in [0.25, 0.3) is 0 Å². The van der Waals surface area contributed by atoms with Crippen molar-refractivity contribution in [3.63, 3.8) is 0 Å².